The zero-order chi connectivity index (χ0) is 14.3. The summed E-state index contributed by atoms with van der Waals surface area (Å²) in [5.74, 6) is -1.07. The molecule has 1 atom stereocenters. The average molecular weight is 273 g/mol. The standard InChI is InChI=1S/C14H15N3O3/c1-8-3-4-10(9(2)5-8)12-6-17-11(7-20-12)13(14(18)19)15-16-17/h3-5,12H,6-7H2,1-2H3,(H,18,19). The smallest absolute Gasteiger partial charge is 0.358 e. The Morgan fingerprint density at radius 2 is 2.25 bits per heavy atom. The van der Waals surface area contributed by atoms with Crippen LogP contribution >= 0.6 is 0 Å². The third-order valence-corrected chi connectivity index (χ3v) is 3.57. The fourth-order valence-corrected chi connectivity index (χ4v) is 2.55. The maximum Gasteiger partial charge on any atom is 0.358 e. The highest BCUT2D eigenvalue weighted by Gasteiger charge is 2.28. The second-order valence-corrected chi connectivity index (χ2v) is 5.03. The van der Waals surface area contributed by atoms with Gasteiger partial charge >= 0.3 is 5.97 Å². The minimum Gasteiger partial charge on any atom is -0.476 e. The molecule has 3 rings (SSSR count). The van der Waals surface area contributed by atoms with E-state index in [9.17, 15) is 4.79 Å². The fourth-order valence-electron chi connectivity index (χ4n) is 2.55. The van der Waals surface area contributed by atoms with Crippen LogP contribution < -0.4 is 0 Å². The molecule has 0 spiro atoms. The molecule has 0 radical (unpaired) electrons. The summed E-state index contributed by atoms with van der Waals surface area (Å²) in [4.78, 5) is 11.0. The molecule has 1 unspecified atom stereocenters. The zero-order valence-corrected chi connectivity index (χ0v) is 11.3. The fraction of sp³-hybridized carbons (Fsp3) is 0.357. The molecule has 1 aliphatic rings. The van der Waals surface area contributed by atoms with Crippen LogP contribution in [0.5, 0.6) is 0 Å². The van der Waals surface area contributed by atoms with Gasteiger partial charge in [0, 0.05) is 0 Å². The number of fused-ring (bicyclic) bond motifs is 1. The Hall–Kier alpha value is -2.21. The lowest BCUT2D eigenvalue weighted by Gasteiger charge is -2.25. The van der Waals surface area contributed by atoms with Gasteiger partial charge in [-0.2, -0.15) is 0 Å². The average Bonchev–Trinajstić information content (AvgIpc) is 2.81. The van der Waals surface area contributed by atoms with Crippen molar-refractivity contribution in [2.45, 2.75) is 33.1 Å². The summed E-state index contributed by atoms with van der Waals surface area (Å²) in [6, 6.07) is 6.21. The summed E-state index contributed by atoms with van der Waals surface area (Å²) in [6.45, 7) is 4.80. The molecule has 1 N–H and O–H groups in total. The van der Waals surface area contributed by atoms with Crippen LogP contribution in [0.25, 0.3) is 0 Å². The lowest BCUT2D eigenvalue weighted by Crippen LogP contribution is -2.23. The van der Waals surface area contributed by atoms with E-state index in [1.807, 2.05) is 19.9 Å². The number of benzene rings is 1. The number of aryl methyl sites for hydroxylation is 2. The topological polar surface area (TPSA) is 77.2 Å². The molecule has 2 aromatic rings. The highest BCUT2D eigenvalue weighted by Crippen LogP contribution is 2.29. The first-order valence-electron chi connectivity index (χ1n) is 6.40. The van der Waals surface area contributed by atoms with Gasteiger partial charge in [-0.15, -0.1) is 5.10 Å². The molecule has 2 heterocycles. The number of carboxylic acid groups (broad SMARTS) is 1. The third kappa shape index (κ3) is 2.08. The predicted molar refractivity (Wildman–Crippen MR) is 70.4 cm³/mol. The van der Waals surface area contributed by atoms with Crippen molar-refractivity contribution >= 4 is 5.97 Å². The van der Waals surface area contributed by atoms with Gasteiger partial charge in [-0.1, -0.05) is 29.0 Å². The van der Waals surface area contributed by atoms with E-state index in [4.69, 9.17) is 9.84 Å². The van der Waals surface area contributed by atoms with Crippen molar-refractivity contribution in [2.75, 3.05) is 0 Å². The number of ether oxygens (including phenoxy) is 1. The molecule has 1 aromatic heterocycles. The molecule has 6 nitrogen and oxygen atoms in total. The van der Waals surface area contributed by atoms with Gasteiger partial charge in [-0.3, -0.25) is 0 Å². The maximum absolute atomic E-state index is 11.0. The molecule has 1 aromatic carbocycles. The number of hydrogen-bond donors (Lipinski definition) is 1. The van der Waals surface area contributed by atoms with Gasteiger partial charge < -0.3 is 9.84 Å². The lowest BCUT2D eigenvalue weighted by molar-refractivity contribution is -0.00242. The number of rotatable bonds is 2. The monoisotopic (exact) mass is 273 g/mol. The van der Waals surface area contributed by atoms with Crippen molar-refractivity contribution in [3.05, 3.63) is 46.3 Å². The molecular formula is C14H15N3O3. The van der Waals surface area contributed by atoms with Crippen molar-refractivity contribution < 1.29 is 14.6 Å². The van der Waals surface area contributed by atoms with E-state index in [0.717, 1.165) is 11.1 Å². The Morgan fingerprint density at radius 3 is 2.95 bits per heavy atom. The predicted octanol–water partition coefficient (Wildman–Crippen LogP) is 1.86. The molecule has 0 fully saturated rings. The summed E-state index contributed by atoms with van der Waals surface area (Å²) in [7, 11) is 0. The van der Waals surface area contributed by atoms with Gasteiger partial charge in [0.1, 0.15) is 6.10 Å². The Morgan fingerprint density at radius 1 is 1.45 bits per heavy atom. The maximum atomic E-state index is 11.0. The summed E-state index contributed by atoms with van der Waals surface area (Å²) < 4.78 is 7.42. The molecule has 104 valence electrons. The van der Waals surface area contributed by atoms with Crippen LogP contribution in [0.15, 0.2) is 18.2 Å². The Labute approximate surface area is 116 Å². The molecule has 0 aliphatic carbocycles. The quantitative estimate of drug-likeness (QED) is 0.903. The molecule has 20 heavy (non-hydrogen) atoms. The lowest BCUT2D eigenvalue weighted by atomic mass is 10.0. The van der Waals surface area contributed by atoms with Crippen molar-refractivity contribution in [3.8, 4) is 0 Å². The summed E-state index contributed by atoms with van der Waals surface area (Å²) in [5.41, 5.74) is 3.98. The van der Waals surface area contributed by atoms with E-state index in [1.165, 1.54) is 5.56 Å². The molecule has 0 saturated heterocycles. The molecule has 0 bridgehead atoms. The first-order valence-corrected chi connectivity index (χ1v) is 6.40. The molecule has 0 amide bonds. The van der Waals surface area contributed by atoms with Crippen LogP contribution in [0.1, 0.15) is 39.0 Å². The van der Waals surface area contributed by atoms with E-state index in [0.29, 0.717) is 12.2 Å². The highest BCUT2D eigenvalue weighted by atomic mass is 16.5. The molecular weight excluding hydrogens is 258 g/mol. The molecule has 1 aliphatic heterocycles. The Kier molecular flexibility index (Phi) is 3.02. The highest BCUT2D eigenvalue weighted by molar-refractivity contribution is 5.86. The van der Waals surface area contributed by atoms with Crippen molar-refractivity contribution in [3.63, 3.8) is 0 Å². The minimum absolute atomic E-state index is 0.0240. The van der Waals surface area contributed by atoms with E-state index < -0.39 is 5.97 Å². The number of aromatic carboxylic acids is 1. The first-order chi connectivity index (χ1) is 9.56. The van der Waals surface area contributed by atoms with Crippen molar-refractivity contribution in [2.24, 2.45) is 0 Å². The van der Waals surface area contributed by atoms with E-state index in [2.05, 4.69) is 22.4 Å². The Balaban J connectivity index is 1.91. The normalized spacial score (nSPS) is 17.8. The second-order valence-electron chi connectivity index (χ2n) is 5.03. The van der Waals surface area contributed by atoms with Gasteiger partial charge in [0.15, 0.2) is 5.69 Å². The van der Waals surface area contributed by atoms with E-state index >= 15 is 0 Å². The van der Waals surface area contributed by atoms with Crippen molar-refractivity contribution in [1.29, 1.82) is 0 Å². The third-order valence-electron chi connectivity index (χ3n) is 3.57. The summed E-state index contributed by atoms with van der Waals surface area (Å²) in [6.07, 6.45) is -0.119. The van der Waals surface area contributed by atoms with Crippen LogP contribution in [0.4, 0.5) is 0 Å². The van der Waals surface area contributed by atoms with Gasteiger partial charge in [0.05, 0.1) is 18.8 Å². The van der Waals surface area contributed by atoms with Crippen LogP contribution in [-0.2, 0) is 17.9 Å². The minimum atomic E-state index is -1.07. The number of hydrogen-bond acceptors (Lipinski definition) is 4. The SMILES string of the molecule is Cc1ccc(C2Cn3nnc(C(=O)O)c3CO2)c(C)c1. The Bertz CT molecular complexity index is 678. The van der Waals surface area contributed by atoms with Crippen molar-refractivity contribution in [1.82, 2.24) is 15.0 Å². The van der Waals surface area contributed by atoms with Crippen LogP contribution in [-0.4, -0.2) is 26.1 Å². The van der Waals surface area contributed by atoms with Crippen LogP contribution in [0.2, 0.25) is 0 Å². The molecule has 0 saturated carbocycles. The first kappa shape index (κ1) is 12.8. The number of carbonyl (C=O) groups is 1. The van der Waals surface area contributed by atoms with E-state index in [-0.39, 0.29) is 18.4 Å². The zero-order valence-electron chi connectivity index (χ0n) is 11.3. The van der Waals surface area contributed by atoms with Gasteiger partial charge in [-0.05, 0) is 25.0 Å². The number of aromatic nitrogens is 3. The van der Waals surface area contributed by atoms with Crippen LogP contribution in [0.3, 0.4) is 0 Å². The summed E-state index contributed by atoms with van der Waals surface area (Å²) in [5, 5.41) is 16.6. The number of nitrogens with zero attached hydrogens (tertiary/aromatic N) is 3. The number of carboxylic acids is 1. The van der Waals surface area contributed by atoms with Gasteiger partial charge in [-0.25, -0.2) is 9.48 Å². The van der Waals surface area contributed by atoms with Crippen LogP contribution in [0, 0.1) is 13.8 Å². The van der Waals surface area contributed by atoms with Gasteiger partial charge in [0.2, 0.25) is 0 Å². The molecule has 6 heteroatoms. The van der Waals surface area contributed by atoms with Gasteiger partial charge in [0.25, 0.3) is 0 Å². The second kappa shape index (κ2) is 4.72. The summed E-state index contributed by atoms with van der Waals surface area (Å²) >= 11 is 0. The van der Waals surface area contributed by atoms with E-state index in [1.54, 1.807) is 4.68 Å². The largest absolute Gasteiger partial charge is 0.476 e.